The fourth-order valence-electron chi connectivity index (χ4n) is 3.00. The van der Waals surface area contributed by atoms with Crippen molar-refractivity contribution in [2.24, 2.45) is 0 Å². The first-order chi connectivity index (χ1) is 14.9. The molecule has 4 rings (SSSR count). The van der Waals surface area contributed by atoms with Crippen molar-refractivity contribution in [3.05, 3.63) is 104 Å². The quantitative estimate of drug-likeness (QED) is 0.194. The number of aryl methyl sites for hydroxylation is 1. The Kier molecular flexibility index (Phi) is 5.19. The Bertz CT molecular complexity index is 1370. The molecule has 3 aromatic carbocycles. The van der Waals surface area contributed by atoms with E-state index in [9.17, 15) is 19.7 Å². The van der Waals surface area contributed by atoms with Crippen LogP contribution in [-0.2, 0) is 0 Å². The van der Waals surface area contributed by atoms with Gasteiger partial charge < -0.3 is 13.9 Å². The molecule has 1 aromatic heterocycles. The maximum atomic E-state index is 12.7. The van der Waals surface area contributed by atoms with Crippen molar-refractivity contribution in [3.8, 4) is 17.2 Å². The maximum Gasteiger partial charge on any atom is 0.350 e. The zero-order valence-corrected chi connectivity index (χ0v) is 16.2. The van der Waals surface area contributed by atoms with Crippen molar-refractivity contribution in [1.29, 1.82) is 0 Å². The van der Waals surface area contributed by atoms with Crippen molar-refractivity contribution in [2.45, 2.75) is 6.92 Å². The summed E-state index contributed by atoms with van der Waals surface area (Å²) in [5.41, 5.74) is 0.218. The summed E-state index contributed by atoms with van der Waals surface area (Å²) in [6.45, 7) is 1.91. The zero-order chi connectivity index (χ0) is 22.0. The van der Waals surface area contributed by atoms with Gasteiger partial charge in [0.25, 0.3) is 5.69 Å². The van der Waals surface area contributed by atoms with Crippen LogP contribution in [0.1, 0.15) is 15.9 Å². The monoisotopic (exact) mass is 417 g/mol. The van der Waals surface area contributed by atoms with Gasteiger partial charge in [-0.25, -0.2) is 4.79 Å². The molecule has 1 heterocycles. The van der Waals surface area contributed by atoms with Crippen LogP contribution in [0.15, 0.2) is 82.2 Å². The molecule has 8 heteroatoms. The van der Waals surface area contributed by atoms with E-state index in [1.54, 1.807) is 12.1 Å². The second kappa shape index (κ2) is 8.11. The van der Waals surface area contributed by atoms with E-state index in [1.807, 2.05) is 19.1 Å². The molecule has 0 aliphatic rings. The number of nitro groups is 1. The number of hydrogen-bond acceptors (Lipinski definition) is 7. The predicted molar refractivity (Wildman–Crippen MR) is 112 cm³/mol. The number of hydrogen-bond donors (Lipinski definition) is 0. The van der Waals surface area contributed by atoms with Gasteiger partial charge in [0.05, 0.1) is 10.3 Å². The molecule has 0 amide bonds. The SMILES string of the molecule is Cc1cccc(Oc2coc3cc(OC(=O)c4ccccc4[N+](=O)[O-])ccc3c2=O)c1. The van der Waals surface area contributed by atoms with E-state index in [0.29, 0.717) is 5.75 Å². The molecule has 0 bridgehead atoms. The topological polar surface area (TPSA) is 109 Å². The highest BCUT2D eigenvalue weighted by Crippen LogP contribution is 2.26. The van der Waals surface area contributed by atoms with Crippen molar-refractivity contribution in [1.82, 2.24) is 0 Å². The lowest BCUT2D eigenvalue weighted by molar-refractivity contribution is -0.385. The number of carbonyl (C=O) groups is 1. The Morgan fingerprint density at radius 3 is 2.58 bits per heavy atom. The Morgan fingerprint density at radius 1 is 1.00 bits per heavy atom. The first kappa shape index (κ1) is 19.8. The molecule has 0 unspecified atom stereocenters. The first-order valence-corrected chi connectivity index (χ1v) is 9.18. The summed E-state index contributed by atoms with van der Waals surface area (Å²) in [7, 11) is 0. The molecule has 0 fully saturated rings. The van der Waals surface area contributed by atoms with Crippen LogP contribution in [0, 0.1) is 17.0 Å². The molecule has 154 valence electrons. The highest BCUT2D eigenvalue weighted by atomic mass is 16.6. The van der Waals surface area contributed by atoms with Crippen LogP contribution in [0.4, 0.5) is 5.69 Å². The van der Waals surface area contributed by atoms with Crippen LogP contribution in [0.3, 0.4) is 0 Å². The van der Waals surface area contributed by atoms with Gasteiger partial charge in [0, 0.05) is 12.1 Å². The van der Waals surface area contributed by atoms with Crippen LogP contribution >= 0.6 is 0 Å². The minimum Gasteiger partial charge on any atom is -0.460 e. The highest BCUT2D eigenvalue weighted by molar-refractivity contribution is 5.95. The third-order valence-electron chi connectivity index (χ3n) is 4.46. The van der Waals surface area contributed by atoms with Crippen LogP contribution < -0.4 is 14.9 Å². The van der Waals surface area contributed by atoms with Gasteiger partial charge in [-0.15, -0.1) is 0 Å². The molecular formula is C23H15NO7. The van der Waals surface area contributed by atoms with E-state index in [-0.39, 0.29) is 39.1 Å². The van der Waals surface area contributed by atoms with Gasteiger partial charge >= 0.3 is 5.97 Å². The van der Waals surface area contributed by atoms with E-state index in [2.05, 4.69) is 0 Å². The van der Waals surface area contributed by atoms with Crippen molar-refractivity contribution in [2.75, 3.05) is 0 Å². The normalized spacial score (nSPS) is 10.6. The van der Waals surface area contributed by atoms with Gasteiger partial charge in [0.2, 0.25) is 11.2 Å². The number of nitrogens with zero attached hydrogens (tertiary/aromatic N) is 1. The second-order valence-electron chi connectivity index (χ2n) is 6.67. The lowest BCUT2D eigenvalue weighted by Crippen LogP contribution is -2.11. The number of fused-ring (bicyclic) bond motifs is 1. The number of para-hydroxylation sites is 1. The Balaban J connectivity index is 1.61. The Hall–Kier alpha value is -4.46. The lowest BCUT2D eigenvalue weighted by atomic mass is 10.2. The van der Waals surface area contributed by atoms with Gasteiger partial charge in [0.1, 0.15) is 28.9 Å². The summed E-state index contributed by atoms with van der Waals surface area (Å²) in [5.74, 6) is -0.302. The molecule has 0 saturated heterocycles. The molecule has 0 aliphatic heterocycles. The summed E-state index contributed by atoms with van der Waals surface area (Å²) in [6.07, 6.45) is 1.18. The maximum absolute atomic E-state index is 12.7. The molecule has 8 nitrogen and oxygen atoms in total. The van der Waals surface area contributed by atoms with E-state index >= 15 is 0 Å². The van der Waals surface area contributed by atoms with Crippen molar-refractivity contribution >= 4 is 22.6 Å². The molecule has 0 saturated carbocycles. The van der Waals surface area contributed by atoms with Crippen molar-refractivity contribution in [3.63, 3.8) is 0 Å². The number of nitro benzene ring substituents is 1. The van der Waals surface area contributed by atoms with E-state index in [1.165, 1.54) is 48.7 Å². The zero-order valence-electron chi connectivity index (χ0n) is 16.2. The number of rotatable bonds is 5. The second-order valence-corrected chi connectivity index (χ2v) is 6.67. The Morgan fingerprint density at radius 2 is 1.81 bits per heavy atom. The molecule has 0 radical (unpaired) electrons. The number of ether oxygens (including phenoxy) is 2. The van der Waals surface area contributed by atoms with Crippen LogP contribution in [0.5, 0.6) is 17.2 Å². The van der Waals surface area contributed by atoms with Crippen LogP contribution in [0.2, 0.25) is 0 Å². The van der Waals surface area contributed by atoms with Gasteiger partial charge in [-0.3, -0.25) is 14.9 Å². The minimum atomic E-state index is -0.895. The minimum absolute atomic E-state index is 0.0164. The van der Waals surface area contributed by atoms with Crippen LogP contribution in [0.25, 0.3) is 11.0 Å². The van der Waals surface area contributed by atoms with E-state index < -0.39 is 10.9 Å². The van der Waals surface area contributed by atoms with Gasteiger partial charge in [-0.1, -0.05) is 24.3 Å². The summed E-state index contributed by atoms with van der Waals surface area (Å²) < 4.78 is 16.4. The molecule has 0 spiro atoms. The highest BCUT2D eigenvalue weighted by Gasteiger charge is 2.21. The average molecular weight is 417 g/mol. The predicted octanol–water partition coefficient (Wildman–Crippen LogP) is 5.02. The van der Waals surface area contributed by atoms with Gasteiger partial charge in [-0.2, -0.15) is 0 Å². The Labute approximate surface area is 175 Å². The summed E-state index contributed by atoms with van der Waals surface area (Å²) >= 11 is 0. The third-order valence-corrected chi connectivity index (χ3v) is 4.46. The molecule has 0 atom stereocenters. The number of carbonyl (C=O) groups excluding carboxylic acids is 1. The average Bonchev–Trinajstić information content (AvgIpc) is 2.76. The van der Waals surface area contributed by atoms with Crippen molar-refractivity contribution < 1.29 is 23.6 Å². The van der Waals surface area contributed by atoms with Gasteiger partial charge in [-0.05, 0) is 42.8 Å². The fraction of sp³-hybridized carbons (Fsp3) is 0.0435. The molecule has 0 N–H and O–H groups in total. The fourth-order valence-corrected chi connectivity index (χ4v) is 3.00. The van der Waals surface area contributed by atoms with Crippen LogP contribution in [-0.4, -0.2) is 10.9 Å². The molecule has 31 heavy (non-hydrogen) atoms. The first-order valence-electron chi connectivity index (χ1n) is 9.18. The summed E-state index contributed by atoms with van der Waals surface area (Å²) in [6, 6.07) is 16.9. The molecule has 0 aliphatic carbocycles. The third kappa shape index (κ3) is 4.13. The lowest BCUT2D eigenvalue weighted by Gasteiger charge is -2.08. The molecular weight excluding hydrogens is 402 g/mol. The van der Waals surface area contributed by atoms with E-state index in [4.69, 9.17) is 13.9 Å². The summed E-state index contributed by atoms with van der Waals surface area (Å²) in [5, 5.41) is 11.3. The largest absolute Gasteiger partial charge is 0.460 e. The standard InChI is InChI=1S/C23H15NO7/c1-14-5-4-6-15(11-14)30-21-13-29-20-12-16(9-10-18(20)22(21)25)31-23(26)17-7-2-3-8-19(17)24(27)28/h2-13H,1H3. The number of esters is 1. The summed E-state index contributed by atoms with van der Waals surface area (Å²) in [4.78, 5) is 35.6. The van der Waals surface area contributed by atoms with Gasteiger partial charge in [0.15, 0.2) is 0 Å². The smallest absolute Gasteiger partial charge is 0.350 e. The van der Waals surface area contributed by atoms with E-state index in [0.717, 1.165) is 5.56 Å². The molecule has 4 aromatic rings. The number of benzene rings is 3.